The van der Waals surface area contributed by atoms with Crippen LogP contribution in [0.3, 0.4) is 0 Å². The number of aryl methyl sites for hydroxylation is 2. The largest absolute Gasteiger partial charge is 0.354 e. The molecule has 2 heterocycles. The van der Waals surface area contributed by atoms with Gasteiger partial charge in [-0.05, 0) is 55.8 Å². The van der Waals surface area contributed by atoms with Crippen molar-refractivity contribution in [3.8, 4) is 0 Å². The van der Waals surface area contributed by atoms with Gasteiger partial charge in [0.25, 0.3) is 11.6 Å². The van der Waals surface area contributed by atoms with E-state index < -0.39 is 11.0 Å². The zero-order chi connectivity index (χ0) is 22.7. The Bertz CT molecular complexity index is 1170. The zero-order valence-electron chi connectivity index (χ0n) is 18.0. The molecule has 1 fully saturated rings. The van der Waals surface area contributed by atoms with E-state index in [1.54, 1.807) is 11.8 Å². The first-order valence-corrected chi connectivity index (χ1v) is 10.8. The second-order valence-electron chi connectivity index (χ2n) is 8.13. The Labute approximate surface area is 186 Å². The molecule has 0 aliphatic carbocycles. The van der Waals surface area contributed by atoms with Gasteiger partial charge in [-0.25, -0.2) is 0 Å². The van der Waals surface area contributed by atoms with Crippen LogP contribution in [0.5, 0.6) is 0 Å². The summed E-state index contributed by atoms with van der Waals surface area (Å²) < 4.78 is 2.17. The predicted octanol–water partition coefficient (Wildman–Crippen LogP) is 3.67. The van der Waals surface area contributed by atoms with Crippen LogP contribution < -0.4 is 5.32 Å². The number of nitrogens with zero attached hydrogens (tertiary/aromatic N) is 3. The molecule has 32 heavy (non-hydrogen) atoms. The number of para-hydroxylation sites is 1. The van der Waals surface area contributed by atoms with Crippen molar-refractivity contribution in [2.24, 2.45) is 0 Å². The fraction of sp³-hybridized carbons (Fsp3) is 0.333. The number of hydrogen-bond donors (Lipinski definition) is 1. The van der Waals surface area contributed by atoms with Crippen molar-refractivity contribution in [1.29, 1.82) is 0 Å². The van der Waals surface area contributed by atoms with Gasteiger partial charge in [-0.2, -0.15) is 0 Å². The molecular formula is C24H26N4O4. The third kappa shape index (κ3) is 4.34. The van der Waals surface area contributed by atoms with E-state index in [2.05, 4.69) is 34.3 Å². The Kier molecular flexibility index (Phi) is 6.20. The fourth-order valence-corrected chi connectivity index (χ4v) is 4.36. The summed E-state index contributed by atoms with van der Waals surface area (Å²) in [6, 6.07) is 14.1. The summed E-state index contributed by atoms with van der Waals surface area (Å²) in [6.07, 6.45) is 4.21. The maximum absolute atomic E-state index is 13.0. The third-order valence-electron chi connectivity index (χ3n) is 6.01. The van der Waals surface area contributed by atoms with Gasteiger partial charge >= 0.3 is 0 Å². The van der Waals surface area contributed by atoms with Crippen molar-refractivity contribution in [2.75, 3.05) is 13.1 Å². The Morgan fingerprint density at radius 2 is 2.00 bits per heavy atom. The van der Waals surface area contributed by atoms with Crippen LogP contribution in [0, 0.1) is 17.0 Å². The second-order valence-corrected chi connectivity index (χ2v) is 8.13. The quantitative estimate of drug-likeness (QED) is 0.349. The van der Waals surface area contributed by atoms with Crippen LogP contribution in [0.15, 0.2) is 54.7 Å². The third-order valence-corrected chi connectivity index (χ3v) is 6.01. The maximum atomic E-state index is 13.0. The van der Waals surface area contributed by atoms with Crippen LogP contribution in [0.25, 0.3) is 10.9 Å². The molecule has 2 amide bonds. The number of carbonyl (C=O) groups excluding carboxylic acids is 2. The van der Waals surface area contributed by atoms with Gasteiger partial charge in [-0.15, -0.1) is 0 Å². The molecule has 1 atom stereocenters. The molecule has 1 aliphatic rings. The van der Waals surface area contributed by atoms with Crippen molar-refractivity contribution in [3.05, 3.63) is 76.0 Å². The molecule has 1 N–H and O–H groups in total. The highest BCUT2D eigenvalue weighted by atomic mass is 16.6. The van der Waals surface area contributed by atoms with Crippen LogP contribution in [-0.2, 0) is 11.3 Å². The van der Waals surface area contributed by atoms with E-state index in [9.17, 15) is 19.7 Å². The van der Waals surface area contributed by atoms with E-state index >= 15 is 0 Å². The van der Waals surface area contributed by atoms with E-state index in [-0.39, 0.29) is 17.5 Å². The zero-order valence-corrected chi connectivity index (χ0v) is 18.0. The van der Waals surface area contributed by atoms with E-state index in [0.29, 0.717) is 30.6 Å². The first-order valence-electron chi connectivity index (χ1n) is 10.8. The molecule has 8 nitrogen and oxygen atoms in total. The summed E-state index contributed by atoms with van der Waals surface area (Å²) in [6.45, 7) is 3.43. The lowest BCUT2D eigenvalue weighted by atomic mass is 10.1. The van der Waals surface area contributed by atoms with E-state index in [1.165, 1.54) is 29.1 Å². The molecule has 1 aromatic heterocycles. The average Bonchev–Trinajstić information content (AvgIpc) is 3.43. The summed E-state index contributed by atoms with van der Waals surface area (Å²) in [4.78, 5) is 37.9. The first kappa shape index (κ1) is 21.5. The van der Waals surface area contributed by atoms with Crippen molar-refractivity contribution >= 4 is 28.4 Å². The smallest absolute Gasteiger partial charge is 0.272 e. The van der Waals surface area contributed by atoms with E-state index in [4.69, 9.17) is 0 Å². The SMILES string of the molecule is Cc1cc(C(=O)N2CCCC2C(=O)NCCCn2ccc3ccccc32)ccc1[N+](=O)[O-]. The van der Waals surface area contributed by atoms with E-state index in [0.717, 1.165) is 19.4 Å². The number of carbonyl (C=O) groups is 2. The Morgan fingerprint density at radius 3 is 2.78 bits per heavy atom. The van der Waals surface area contributed by atoms with Gasteiger partial charge in [-0.1, -0.05) is 18.2 Å². The van der Waals surface area contributed by atoms with Gasteiger partial charge in [-0.3, -0.25) is 19.7 Å². The molecule has 1 saturated heterocycles. The summed E-state index contributed by atoms with van der Waals surface area (Å²) in [7, 11) is 0. The van der Waals surface area contributed by atoms with Gasteiger partial charge in [0.1, 0.15) is 6.04 Å². The molecule has 1 unspecified atom stereocenters. The highest BCUT2D eigenvalue weighted by Gasteiger charge is 2.34. The predicted molar refractivity (Wildman–Crippen MR) is 121 cm³/mol. The summed E-state index contributed by atoms with van der Waals surface area (Å²) in [5.74, 6) is -0.411. The molecule has 166 valence electrons. The standard InChI is InChI=1S/C24H26N4O4/c1-17-16-19(9-10-20(17)28(31)32)24(30)27-14-4-8-22(27)23(29)25-12-5-13-26-15-11-18-6-2-3-7-21(18)26/h2-3,6-7,9-11,15-16,22H,4-5,8,12-14H2,1H3,(H,25,29). The molecular weight excluding hydrogens is 408 g/mol. The highest BCUT2D eigenvalue weighted by molar-refractivity contribution is 5.98. The molecule has 0 bridgehead atoms. The lowest BCUT2D eigenvalue weighted by Crippen LogP contribution is -2.46. The summed E-state index contributed by atoms with van der Waals surface area (Å²) >= 11 is 0. The lowest BCUT2D eigenvalue weighted by molar-refractivity contribution is -0.385. The molecule has 0 saturated carbocycles. The number of nitro benzene ring substituents is 1. The van der Waals surface area contributed by atoms with Crippen molar-refractivity contribution in [2.45, 2.75) is 38.8 Å². The second kappa shape index (κ2) is 9.21. The molecule has 0 spiro atoms. The number of rotatable bonds is 7. The number of fused-ring (bicyclic) bond motifs is 1. The van der Waals surface area contributed by atoms with Gasteiger partial charge < -0.3 is 14.8 Å². The minimum Gasteiger partial charge on any atom is -0.354 e. The van der Waals surface area contributed by atoms with Crippen LogP contribution >= 0.6 is 0 Å². The number of likely N-dealkylation sites (tertiary alicyclic amines) is 1. The Balaban J connectivity index is 1.33. The van der Waals surface area contributed by atoms with Gasteiger partial charge in [0, 0.05) is 48.5 Å². The molecule has 8 heteroatoms. The fourth-order valence-electron chi connectivity index (χ4n) is 4.36. The minimum absolute atomic E-state index is 0.0206. The molecule has 1 aliphatic heterocycles. The Morgan fingerprint density at radius 1 is 1.19 bits per heavy atom. The molecule has 0 radical (unpaired) electrons. The molecule has 4 rings (SSSR count). The maximum Gasteiger partial charge on any atom is 0.272 e. The van der Waals surface area contributed by atoms with Crippen LogP contribution in [0.4, 0.5) is 5.69 Å². The monoisotopic (exact) mass is 434 g/mol. The Hall–Kier alpha value is -3.68. The number of nitrogens with one attached hydrogen (secondary N) is 1. The molecule has 3 aromatic rings. The normalized spacial score (nSPS) is 15.8. The summed E-state index contributed by atoms with van der Waals surface area (Å²) in [5, 5.41) is 15.2. The van der Waals surface area contributed by atoms with Gasteiger partial charge in [0.2, 0.25) is 5.91 Å². The van der Waals surface area contributed by atoms with Crippen LogP contribution in [0.2, 0.25) is 0 Å². The summed E-state index contributed by atoms with van der Waals surface area (Å²) in [5.41, 5.74) is 1.95. The van der Waals surface area contributed by atoms with Crippen molar-refractivity contribution in [1.82, 2.24) is 14.8 Å². The van der Waals surface area contributed by atoms with E-state index in [1.807, 2.05) is 12.1 Å². The number of benzene rings is 2. The highest BCUT2D eigenvalue weighted by Crippen LogP contribution is 2.24. The number of hydrogen-bond acceptors (Lipinski definition) is 4. The first-order chi connectivity index (χ1) is 15.5. The number of aromatic nitrogens is 1. The van der Waals surface area contributed by atoms with Crippen molar-refractivity contribution in [3.63, 3.8) is 0 Å². The average molecular weight is 434 g/mol. The topological polar surface area (TPSA) is 97.5 Å². The van der Waals surface area contributed by atoms with Crippen LogP contribution in [-0.4, -0.2) is 45.3 Å². The number of nitro groups is 1. The van der Waals surface area contributed by atoms with Gasteiger partial charge in [0.15, 0.2) is 0 Å². The van der Waals surface area contributed by atoms with Crippen molar-refractivity contribution < 1.29 is 14.5 Å². The lowest BCUT2D eigenvalue weighted by Gasteiger charge is -2.24. The molecule has 2 aromatic carbocycles. The van der Waals surface area contributed by atoms with Crippen LogP contribution in [0.1, 0.15) is 35.2 Å². The minimum atomic E-state index is -0.509. The number of amides is 2. The van der Waals surface area contributed by atoms with Gasteiger partial charge in [0.05, 0.1) is 4.92 Å².